The van der Waals surface area contributed by atoms with Crippen molar-refractivity contribution in [2.75, 3.05) is 13.1 Å². The van der Waals surface area contributed by atoms with Gasteiger partial charge >= 0.3 is 0 Å². The third-order valence-corrected chi connectivity index (χ3v) is 3.82. The molecule has 0 bridgehead atoms. The van der Waals surface area contributed by atoms with Crippen LogP contribution in [-0.4, -0.2) is 35.6 Å². The number of hydrogen-bond acceptors (Lipinski definition) is 3. The minimum atomic E-state index is -0.269. The van der Waals surface area contributed by atoms with Crippen LogP contribution in [0.1, 0.15) is 45.2 Å². The molecule has 1 aliphatic rings. The molecule has 0 saturated carbocycles. The number of amides is 1. The maximum absolute atomic E-state index is 12.4. The Morgan fingerprint density at radius 2 is 2.10 bits per heavy atom. The first-order valence-corrected chi connectivity index (χ1v) is 7.63. The fourth-order valence-electron chi connectivity index (χ4n) is 2.95. The topological polar surface area (TPSA) is 55.6 Å². The van der Waals surface area contributed by atoms with Gasteiger partial charge in [-0.15, -0.1) is 0 Å². The zero-order valence-corrected chi connectivity index (χ0v) is 13.2. The summed E-state index contributed by atoms with van der Waals surface area (Å²) in [6.07, 6.45) is 1.24. The summed E-state index contributed by atoms with van der Waals surface area (Å²) in [6.45, 7) is 7.38. The minimum Gasteiger partial charge on any atom is -0.369 e. The third kappa shape index (κ3) is 4.55. The smallest absolute Gasteiger partial charge is 0.222 e. The first-order chi connectivity index (χ1) is 9.87. The first kappa shape index (κ1) is 16.0. The van der Waals surface area contributed by atoms with E-state index in [1.165, 1.54) is 0 Å². The number of nitrogens with zero attached hydrogens (tertiary/aromatic N) is 1. The van der Waals surface area contributed by atoms with E-state index >= 15 is 0 Å². The van der Waals surface area contributed by atoms with Crippen LogP contribution in [0.2, 0.25) is 0 Å². The lowest BCUT2D eigenvalue weighted by atomic mass is 10.0. The number of hydrogen-bond donors (Lipinski definition) is 1. The quantitative estimate of drug-likeness (QED) is 0.927. The maximum Gasteiger partial charge on any atom is 0.222 e. The number of carbonyl (C=O) groups is 1. The highest BCUT2D eigenvalue weighted by atomic mass is 16.5. The van der Waals surface area contributed by atoms with Gasteiger partial charge < -0.3 is 15.4 Å². The van der Waals surface area contributed by atoms with Crippen LogP contribution < -0.4 is 5.73 Å². The van der Waals surface area contributed by atoms with Gasteiger partial charge in [-0.1, -0.05) is 30.3 Å². The number of benzene rings is 1. The van der Waals surface area contributed by atoms with Gasteiger partial charge in [-0.25, -0.2) is 0 Å². The molecular weight excluding hydrogens is 264 g/mol. The number of rotatable bonds is 4. The molecule has 2 N–H and O–H groups in total. The predicted molar refractivity (Wildman–Crippen MR) is 83.8 cm³/mol. The summed E-state index contributed by atoms with van der Waals surface area (Å²) >= 11 is 0. The second-order valence-electron chi connectivity index (χ2n) is 6.52. The van der Waals surface area contributed by atoms with Crippen molar-refractivity contribution in [1.29, 1.82) is 0 Å². The number of morpholine rings is 1. The summed E-state index contributed by atoms with van der Waals surface area (Å²) < 4.78 is 5.83. The van der Waals surface area contributed by atoms with Gasteiger partial charge in [0.15, 0.2) is 0 Å². The van der Waals surface area contributed by atoms with Crippen molar-refractivity contribution in [1.82, 2.24) is 4.90 Å². The van der Waals surface area contributed by atoms with E-state index in [2.05, 4.69) is 0 Å². The van der Waals surface area contributed by atoms with Crippen LogP contribution in [0.3, 0.4) is 0 Å². The van der Waals surface area contributed by atoms with E-state index in [1.54, 1.807) is 0 Å². The predicted octanol–water partition coefficient (Wildman–Crippen LogP) is 2.49. The average molecular weight is 290 g/mol. The maximum atomic E-state index is 12.4. The molecule has 0 unspecified atom stereocenters. The Morgan fingerprint density at radius 3 is 2.71 bits per heavy atom. The fourth-order valence-corrected chi connectivity index (χ4v) is 2.95. The third-order valence-electron chi connectivity index (χ3n) is 3.82. The van der Waals surface area contributed by atoms with E-state index in [0.717, 1.165) is 5.56 Å². The van der Waals surface area contributed by atoms with Crippen molar-refractivity contribution in [3.63, 3.8) is 0 Å². The van der Waals surface area contributed by atoms with Gasteiger partial charge in [0.05, 0.1) is 11.7 Å². The Bertz CT molecular complexity index is 473. The van der Waals surface area contributed by atoms with E-state index in [-0.39, 0.29) is 23.7 Å². The van der Waals surface area contributed by atoms with Gasteiger partial charge in [-0.2, -0.15) is 0 Å². The van der Waals surface area contributed by atoms with E-state index in [1.807, 2.05) is 56.0 Å². The number of nitrogens with two attached hydrogens (primary N) is 1. The minimum absolute atomic E-state index is 0.0818. The highest BCUT2D eigenvalue weighted by Gasteiger charge is 2.33. The van der Waals surface area contributed by atoms with Crippen LogP contribution >= 0.6 is 0 Å². The van der Waals surface area contributed by atoms with Crippen LogP contribution in [0, 0.1) is 0 Å². The first-order valence-electron chi connectivity index (χ1n) is 7.63. The molecule has 4 heteroatoms. The SMILES string of the molecule is C[C@H]1CN(C(=O)CC[C@@H](N)c2ccccc2)CC(C)(C)O1. The summed E-state index contributed by atoms with van der Waals surface area (Å²) in [7, 11) is 0. The zero-order chi connectivity index (χ0) is 15.5. The summed E-state index contributed by atoms with van der Waals surface area (Å²) in [5, 5.41) is 0. The molecule has 1 amide bonds. The van der Waals surface area contributed by atoms with E-state index in [0.29, 0.717) is 25.9 Å². The molecule has 116 valence electrons. The van der Waals surface area contributed by atoms with Crippen molar-refractivity contribution in [2.24, 2.45) is 5.73 Å². The van der Waals surface area contributed by atoms with Gasteiger partial charge in [-0.05, 0) is 32.8 Å². The highest BCUT2D eigenvalue weighted by molar-refractivity contribution is 5.76. The van der Waals surface area contributed by atoms with Crippen molar-refractivity contribution in [2.45, 2.75) is 51.4 Å². The van der Waals surface area contributed by atoms with Crippen LogP contribution in [-0.2, 0) is 9.53 Å². The molecule has 2 rings (SSSR count). The monoisotopic (exact) mass is 290 g/mol. The lowest BCUT2D eigenvalue weighted by Gasteiger charge is -2.41. The van der Waals surface area contributed by atoms with Crippen molar-refractivity contribution in [3.8, 4) is 0 Å². The second-order valence-corrected chi connectivity index (χ2v) is 6.52. The molecule has 0 aliphatic carbocycles. The number of carbonyl (C=O) groups excluding carboxylic acids is 1. The Morgan fingerprint density at radius 1 is 1.43 bits per heavy atom. The van der Waals surface area contributed by atoms with Gasteiger partial charge in [-0.3, -0.25) is 4.79 Å². The zero-order valence-electron chi connectivity index (χ0n) is 13.2. The molecule has 1 aromatic carbocycles. The average Bonchev–Trinajstić information content (AvgIpc) is 2.43. The van der Waals surface area contributed by atoms with Gasteiger partial charge in [0.1, 0.15) is 0 Å². The summed E-state index contributed by atoms with van der Waals surface area (Å²) in [4.78, 5) is 14.3. The highest BCUT2D eigenvalue weighted by Crippen LogP contribution is 2.22. The van der Waals surface area contributed by atoms with Gasteiger partial charge in [0.25, 0.3) is 0 Å². The van der Waals surface area contributed by atoms with Crippen LogP contribution in [0.25, 0.3) is 0 Å². The molecule has 0 radical (unpaired) electrons. The molecule has 1 fully saturated rings. The normalized spacial score (nSPS) is 22.9. The van der Waals surface area contributed by atoms with Crippen LogP contribution in [0.4, 0.5) is 0 Å². The Labute approximate surface area is 127 Å². The molecular formula is C17H26N2O2. The van der Waals surface area contributed by atoms with E-state index in [4.69, 9.17) is 10.5 Å². The number of ether oxygens (including phenoxy) is 1. The molecule has 0 aromatic heterocycles. The summed E-state index contributed by atoms with van der Waals surface area (Å²) in [6, 6.07) is 9.86. The standard InChI is InChI=1S/C17H26N2O2/c1-13-11-19(12-17(2,3)21-13)16(20)10-9-15(18)14-7-5-4-6-8-14/h4-8,13,15H,9-12,18H2,1-3H3/t13-,15+/m0/s1. The lowest BCUT2D eigenvalue weighted by molar-refractivity contribution is -0.158. The molecule has 1 saturated heterocycles. The fraction of sp³-hybridized carbons (Fsp3) is 0.588. The molecule has 1 heterocycles. The Balaban J connectivity index is 1.87. The largest absolute Gasteiger partial charge is 0.369 e. The van der Waals surface area contributed by atoms with E-state index in [9.17, 15) is 4.79 Å². The molecule has 4 nitrogen and oxygen atoms in total. The van der Waals surface area contributed by atoms with Crippen LogP contribution in [0.15, 0.2) is 30.3 Å². The molecule has 1 aromatic rings. The summed E-state index contributed by atoms with van der Waals surface area (Å²) in [5.41, 5.74) is 6.97. The lowest BCUT2D eigenvalue weighted by Crippen LogP contribution is -2.53. The van der Waals surface area contributed by atoms with Crippen molar-refractivity contribution >= 4 is 5.91 Å². The van der Waals surface area contributed by atoms with Crippen molar-refractivity contribution in [3.05, 3.63) is 35.9 Å². The van der Waals surface area contributed by atoms with Gasteiger partial charge in [0, 0.05) is 25.6 Å². The molecule has 21 heavy (non-hydrogen) atoms. The second kappa shape index (κ2) is 6.58. The molecule has 2 atom stereocenters. The Kier molecular flexibility index (Phi) is 5.01. The van der Waals surface area contributed by atoms with Crippen molar-refractivity contribution < 1.29 is 9.53 Å². The van der Waals surface area contributed by atoms with Crippen LogP contribution in [0.5, 0.6) is 0 Å². The van der Waals surface area contributed by atoms with Gasteiger partial charge in [0.2, 0.25) is 5.91 Å². The summed E-state index contributed by atoms with van der Waals surface area (Å²) in [5.74, 6) is 0.171. The van der Waals surface area contributed by atoms with E-state index < -0.39 is 0 Å². The molecule has 1 aliphatic heterocycles. The molecule has 0 spiro atoms. The Hall–Kier alpha value is -1.39.